The Morgan fingerprint density at radius 2 is 0.923 bits per heavy atom. The first-order chi connectivity index (χ1) is 5.38. The third-order valence-corrected chi connectivity index (χ3v) is 0.643. The maximum absolute atomic E-state index is 8.48. The van der Waals surface area contributed by atoms with E-state index in [1.807, 2.05) is 0 Å². The molecule has 6 nitrogen and oxygen atoms in total. The largest absolute Gasteiger partial charge is 2.00 e. The van der Waals surface area contributed by atoms with E-state index in [1.54, 1.807) is 0 Å². The Balaban J connectivity index is -0.0000000450. The molecule has 0 fully saturated rings. The fourth-order valence-electron chi connectivity index (χ4n) is 0. The normalized spacial score (nSPS) is 6.31. The zero-order chi connectivity index (χ0) is 10.6. The van der Waals surface area contributed by atoms with Gasteiger partial charge in [0.25, 0.3) is 16.5 Å². The van der Waals surface area contributed by atoms with Crippen LogP contribution in [0.2, 0.25) is 0 Å². The molecule has 0 heterocycles. The number of hydrogen-bond donors (Lipinski definition) is 0. The molecule has 0 atom stereocenters. The van der Waals surface area contributed by atoms with E-state index in [4.69, 9.17) is 51.9 Å². The molecule has 0 amide bonds. The van der Waals surface area contributed by atoms with Gasteiger partial charge < -0.3 is 19.6 Å². The summed E-state index contributed by atoms with van der Waals surface area (Å²) >= 11 is 10.1. The SMILES string of the molecule is ClCCCl.O=[P+]([O-])[O-].O=[P+]([O-])[O-].[Ca+2]. The summed E-state index contributed by atoms with van der Waals surface area (Å²) in [6.45, 7) is 0. The van der Waals surface area contributed by atoms with Crippen LogP contribution in [-0.2, 0) is 9.13 Å². The van der Waals surface area contributed by atoms with Crippen LogP contribution in [0.3, 0.4) is 0 Å². The van der Waals surface area contributed by atoms with Crippen LogP contribution in [0.15, 0.2) is 0 Å². The zero-order valence-electron chi connectivity index (χ0n) is 6.22. The second-order valence-electron chi connectivity index (χ2n) is 0.825. The van der Waals surface area contributed by atoms with Gasteiger partial charge in [0.05, 0.1) is 0 Å². The van der Waals surface area contributed by atoms with Gasteiger partial charge in [-0.05, 0) is 0 Å². The molecule has 0 aromatic rings. The summed E-state index contributed by atoms with van der Waals surface area (Å²) in [5, 5.41) is 0. The van der Waals surface area contributed by atoms with Gasteiger partial charge in [-0.25, -0.2) is 0 Å². The molecule has 0 aliphatic heterocycles. The smallest absolute Gasteiger partial charge is 0.598 e. The molecule has 0 saturated heterocycles. The van der Waals surface area contributed by atoms with E-state index >= 15 is 0 Å². The topological polar surface area (TPSA) is 126 Å². The van der Waals surface area contributed by atoms with Crippen LogP contribution in [0.1, 0.15) is 0 Å². The van der Waals surface area contributed by atoms with Crippen molar-refractivity contribution in [2.45, 2.75) is 0 Å². The van der Waals surface area contributed by atoms with Gasteiger partial charge in [-0.1, -0.05) is 9.13 Å². The molecule has 0 rings (SSSR count). The van der Waals surface area contributed by atoms with Crippen molar-refractivity contribution >= 4 is 77.4 Å². The van der Waals surface area contributed by atoms with Gasteiger partial charge >= 0.3 is 37.7 Å². The van der Waals surface area contributed by atoms with E-state index in [0.717, 1.165) is 0 Å². The molecule has 0 aromatic heterocycles. The van der Waals surface area contributed by atoms with Crippen LogP contribution >= 0.6 is 39.7 Å². The van der Waals surface area contributed by atoms with Gasteiger partial charge in [-0.3, -0.25) is 0 Å². The van der Waals surface area contributed by atoms with Crippen molar-refractivity contribution in [3.8, 4) is 0 Å². The monoisotopic (exact) mass is 296 g/mol. The predicted molar refractivity (Wildman–Crippen MR) is 42.4 cm³/mol. The average Bonchev–Trinajstić information content (AvgIpc) is 1.85. The Labute approximate surface area is 117 Å². The molecule has 13 heavy (non-hydrogen) atoms. The summed E-state index contributed by atoms with van der Waals surface area (Å²) < 4.78 is 17.0. The van der Waals surface area contributed by atoms with Crippen LogP contribution in [-0.4, -0.2) is 49.5 Å². The quantitative estimate of drug-likeness (QED) is 0.307. The van der Waals surface area contributed by atoms with Gasteiger partial charge in [-0.15, -0.1) is 23.2 Å². The van der Waals surface area contributed by atoms with Crippen LogP contribution < -0.4 is 19.6 Å². The molecule has 0 aliphatic rings. The average molecular weight is 297 g/mol. The molecule has 0 radical (unpaired) electrons. The molecule has 0 saturated carbocycles. The van der Waals surface area contributed by atoms with Crippen LogP contribution in [0.4, 0.5) is 0 Å². The van der Waals surface area contributed by atoms with Gasteiger partial charge in [0.15, 0.2) is 0 Å². The molecule has 74 valence electrons. The standard InChI is InChI=1S/C2H4Cl2.Ca.2HO3P/c3-1-2-4;;2*1-4(2)3/h1-2H2;;2*(H,1,2,3)/q;+2;;/p-2. The van der Waals surface area contributed by atoms with Crippen molar-refractivity contribution in [1.29, 1.82) is 0 Å². The van der Waals surface area contributed by atoms with E-state index in [1.165, 1.54) is 0 Å². The van der Waals surface area contributed by atoms with E-state index in [-0.39, 0.29) is 37.7 Å². The van der Waals surface area contributed by atoms with E-state index in [2.05, 4.69) is 0 Å². The fourth-order valence-corrected chi connectivity index (χ4v) is 0. The Morgan fingerprint density at radius 1 is 0.846 bits per heavy atom. The molecule has 0 spiro atoms. The molecular weight excluding hydrogens is 293 g/mol. The van der Waals surface area contributed by atoms with Crippen molar-refractivity contribution in [3.05, 3.63) is 0 Å². The first kappa shape index (κ1) is 24.2. The summed E-state index contributed by atoms with van der Waals surface area (Å²) in [5.74, 6) is 1.11. The number of rotatable bonds is 1. The third-order valence-electron chi connectivity index (χ3n) is 0.0714. The Kier molecular flexibility index (Phi) is 43.9. The maximum Gasteiger partial charge on any atom is 2.00 e. The van der Waals surface area contributed by atoms with Crippen molar-refractivity contribution in [2.75, 3.05) is 11.8 Å². The van der Waals surface area contributed by atoms with Crippen molar-refractivity contribution < 1.29 is 28.7 Å². The van der Waals surface area contributed by atoms with E-state index in [9.17, 15) is 0 Å². The molecule has 0 aliphatic carbocycles. The number of alkyl halides is 2. The summed E-state index contributed by atoms with van der Waals surface area (Å²) in [6.07, 6.45) is 0. The number of halogens is 2. The maximum atomic E-state index is 8.48. The van der Waals surface area contributed by atoms with E-state index < -0.39 is 16.5 Å². The zero-order valence-corrected chi connectivity index (χ0v) is 11.7. The number of hydrogen-bond acceptors (Lipinski definition) is 6. The molecule has 0 bridgehead atoms. The molecular formula is C2H4CaCl2O6P2. The summed E-state index contributed by atoms with van der Waals surface area (Å²) in [7, 11) is -6.74. The second-order valence-corrected chi connectivity index (χ2v) is 2.48. The van der Waals surface area contributed by atoms with E-state index in [0.29, 0.717) is 11.8 Å². The summed E-state index contributed by atoms with van der Waals surface area (Å²) in [5.41, 5.74) is 0. The molecule has 11 heteroatoms. The minimum atomic E-state index is -3.37. The molecule has 0 aromatic carbocycles. The molecule has 0 N–H and O–H groups in total. The molecule has 0 unspecified atom stereocenters. The third kappa shape index (κ3) is 236. The first-order valence-corrected chi connectivity index (χ1v) is 5.39. The Bertz CT molecular complexity index is 103. The van der Waals surface area contributed by atoms with Crippen LogP contribution in [0.5, 0.6) is 0 Å². The fraction of sp³-hybridized carbons (Fsp3) is 1.00. The predicted octanol–water partition coefficient (Wildman–Crippen LogP) is -2.19. The van der Waals surface area contributed by atoms with Gasteiger partial charge in [-0.2, -0.15) is 0 Å². The second kappa shape index (κ2) is 23.6. The van der Waals surface area contributed by atoms with Gasteiger partial charge in [0.2, 0.25) is 0 Å². The minimum Gasteiger partial charge on any atom is -0.598 e. The van der Waals surface area contributed by atoms with Crippen molar-refractivity contribution in [2.24, 2.45) is 0 Å². The Morgan fingerprint density at radius 3 is 0.923 bits per heavy atom. The minimum absolute atomic E-state index is 0. The Hall–Kier alpha value is 1.88. The van der Waals surface area contributed by atoms with Gasteiger partial charge in [0, 0.05) is 11.8 Å². The first-order valence-electron chi connectivity index (χ1n) is 2.13. The van der Waals surface area contributed by atoms with Crippen LogP contribution in [0.25, 0.3) is 0 Å². The van der Waals surface area contributed by atoms with Gasteiger partial charge in [0.1, 0.15) is 0 Å². The van der Waals surface area contributed by atoms with Crippen molar-refractivity contribution in [3.63, 3.8) is 0 Å². The summed E-state index contributed by atoms with van der Waals surface area (Å²) in [6, 6.07) is 0. The summed E-state index contributed by atoms with van der Waals surface area (Å²) in [4.78, 5) is 33.9. The van der Waals surface area contributed by atoms with Crippen LogP contribution in [0, 0.1) is 0 Å². The van der Waals surface area contributed by atoms with Crippen molar-refractivity contribution in [1.82, 2.24) is 0 Å².